The second kappa shape index (κ2) is 7.07. The first-order valence-corrected chi connectivity index (χ1v) is 9.10. The van der Waals surface area contributed by atoms with Crippen LogP contribution in [0.1, 0.15) is 0 Å². The first-order valence-electron chi connectivity index (χ1n) is 6.81. The van der Waals surface area contributed by atoms with Gasteiger partial charge in [-0.2, -0.15) is 0 Å². The summed E-state index contributed by atoms with van der Waals surface area (Å²) in [7, 11) is 0. The Morgan fingerprint density at radius 2 is 2.00 bits per heavy atom. The van der Waals surface area contributed by atoms with Crippen molar-refractivity contribution in [3.63, 3.8) is 0 Å². The summed E-state index contributed by atoms with van der Waals surface area (Å²) >= 11 is 12.9. The van der Waals surface area contributed by atoms with Crippen LogP contribution < -0.4 is 10.2 Å². The monoisotopic (exact) mass is 456 g/mol. The molecule has 0 bridgehead atoms. The van der Waals surface area contributed by atoms with Gasteiger partial charge >= 0.3 is 0 Å². The van der Waals surface area contributed by atoms with Crippen LogP contribution in [0.4, 0.5) is 0 Å². The zero-order chi connectivity index (χ0) is 16.4. The van der Waals surface area contributed by atoms with Crippen molar-refractivity contribution < 1.29 is 9.15 Å². The van der Waals surface area contributed by atoms with Gasteiger partial charge < -0.3 is 9.15 Å². The van der Waals surface area contributed by atoms with E-state index in [0.29, 0.717) is 45.0 Å². The Hall–Kier alpha value is -1.30. The molecule has 0 saturated heterocycles. The molecule has 0 atom stereocenters. The largest absolute Gasteiger partial charge is 0.492 e. The number of ether oxygens (including phenoxy) is 1. The third-order valence-electron chi connectivity index (χ3n) is 3.25. The molecule has 1 heterocycles. The van der Waals surface area contributed by atoms with E-state index in [2.05, 4.69) is 31.9 Å². The molecular formula is C17H11Br2ClO3. The first-order chi connectivity index (χ1) is 11.1. The lowest BCUT2D eigenvalue weighted by molar-refractivity contribution is 0.345. The number of fused-ring (bicyclic) bond motifs is 1. The van der Waals surface area contributed by atoms with E-state index in [1.165, 1.54) is 6.07 Å². The van der Waals surface area contributed by atoms with Crippen LogP contribution in [0.15, 0.2) is 56.1 Å². The lowest BCUT2D eigenvalue weighted by Gasteiger charge is -2.11. The summed E-state index contributed by atoms with van der Waals surface area (Å²) in [6.07, 6.45) is 0. The fourth-order valence-electron chi connectivity index (χ4n) is 2.24. The number of para-hydroxylation sites is 1. The van der Waals surface area contributed by atoms with Crippen molar-refractivity contribution >= 4 is 54.4 Å². The molecule has 1 aromatic heterocycles. The molecule has 0 saturated carbocycles. The predicted molar refractivity (Wildman–Crippen MR) is 99.9 cm³/mol. The molecule has 0 N–H and O–H groups in total. The van der Waals surface area contributed by atoms with Crippen LogP contribution in [0.25, 0.3) is 22.3 Å². The van der Waals surface area contributed by atoms with Crippen LogP contribution in [0.5, 0.6) is 5.75 Å². The van der Waals surface area contributed by atoms with Gasteiger partial charge in [0.2, 0.25) is 0 Å². The van der Waals surface area contributed by atoms with Crippen molar-refractivity contribution in [3.8, 4) is 17.1 Å². The summed E-state index contributed by atoms with van der Waals surface area (Å²) in [4.78, 5) is 12.3. The fraction of sp³-hybridized carbons (Fsp3) is 0.118. The molecular weight excluding hydrogens is 447 g/mol. The molecule has 23 heavy (non-hydrogen) atoms. The lowest BCUT2D eigenvalue weighted by Crippen LogP contribution is -2.03. The van der Waals surface area contributed by atoms with Gasteiger partial charge in [0, 0.05) is 15.9 Å². The fourth-order valence-corrected chi connectivity index (χ4v) is 2.96. The number of hydrogen-bond donors (Lipinski definition) is 0. The number of rotatable bonds is 4. The topological polar surface area (TPSA) is 39.4 Å². The third kappa shape index (κ3) is 3.47. The van der Waals surface area contributed by atoms with Gasteiger partial charge in [-0.1, -0.05) is 49.5 Å². The number of benzene rings is 2. The van der Waals surface area contributed by atoms with Gasteiger partial charge in [0.25, 0.3) is 0 Å². The van der Waals surface area contributed by atoms with E-state index < -0.39 is 0 Å². The minimum atomic E-state index is -0.141. The van der Waals surface area contributed by atoms with Gasteiger partial charge in [0.05, 0.1) is 22.6 Å². The molecule has 3 aromatic rings. The molecule has 0 spiro atoms. The maximum Gasteiger partial charge on any atom is 0.193 e. The number of alkyl halides is 1. The average molecular weight is 459 g/mol. The maximum absolute atomic E-state index is 12.3. The molecule has 0 radical (unpaired) electrons. The van der Waals surface area contributed by atoms with E-state index >= 15 is 0 Å². The summed E-state index contributed by atoms with van der Waals surface area (Å²) in [6, 6.07) is 12.1. The molecule has 0 fully saturated rings. The molecule has 0 aliphatic rings. The Bertz CT molecular complexity index is 921. The van der Waals surface area contributed by atoms with Gasteiger partial charge in [-0.3, -0.25) is 4.79 Å². The molecule has 3 nitrogen and oxygen atoms in total. The molecule has 0 aliphatic heterocycles. The van der Waals surface area contributed by atoms with Gasteiger partial charge in [-0.05, 0) is 30.3 Å². The SMILES string of the molecule is O=c1cc(-c2ccc(Br)cc2OCCBr)oc2c(Cl)cccc12. The zero-order valence-electron chi connectivity index (χ0n) is 11.8. The quantitative estimate of drug-likeness (QED) is 0.475. The van der Waals surface area contributed by atoms with Crippen molar-refractivity contribution in [2.75, 3.05) is 11.9 Å². The Kier molecular flexibility index (Phi) is 5.09. The molecule has 3 rings (SSSR count). The number of halogens is 3. The summed E-state index contributed by atoms with van der Waals surface area (Å²) in [5.74, 6) is 1.06. The first kappa shape index (κ1) is 16.6. The average Bonchev–Trinajstić information content (AvgIpc) is 2.54. The van der Waals surface area contributed by atoms with Crippen LogP contribution in [-0.2, 0) is 0 Å². The molecule has 0 amide bonds. The van der Waals surface area contributed by atoms with Crippen LogP contribution in [0, 0.1) is 0 Å². The van der Waals surface area contributed by atoms with Gasteiger partial charge in [0.15, 0.2) is 11.0 Å². The van der Waals surface area contributed by atoms with Crippen LogP contribution in [-0.4, -0.2) is 11.9 Å². The van der Waals surface area contributed by atoms with Crippen molar-refractivity contribution in [3.05, 3.63) is 62.2 Å². The van der Waals surface area contributed by atoms with Crippen molar-refractivity contribution in [2.24, 2.45) is 0 Å². The Morgan fingerprint density at radius 3 is 2.78 bits per heavy atom. The second-order valence-corrected chi connectivity index (χ2v) is 6.89. The van der Waals surface area contributed by atoms with Crippen LogP contribution in [0.3, 0.4) is 0 Å². The Morgan fingerprint density at radius 1 is 1.17 bits per heavy atom. The minimum Gasteiger partial charge on any atom is -0.492 e. The highest BCUT2D eigenvalue weighted by atomic mass is 79.9. The van der Waals surface area contributed by atoms with Crippen molar-refractivity contribution in [2.45, 2.75) is 0 Å². The highest BCUT2D eigenvalue weighted by molar-refractivity contribution is 9.10. The Labute approximate surface area is 154 Å². The molecule has 118 valence electrons. The summed E-state index contributed by atoms with van der Waals surface area (Å²) in [5, 5.41) is 1.56. The summed E-state index contributed by atoms with van der Waals surface area (Å²) in [6.45, 7) is 0.502. The van der Waals surface area contributed by atoms with Crippen LogP contribution >= 0.6 is 43.5 Å². The highest BCUT2D eigenvalue weighted by Gasteiger charge is 2.14. The second-order valence-electron chi connectivity index (χ2n) is 4.77. The van der Waals surface area contributed by atoms with E-state index in [1.54, 1.807) is 18.2 Å². The van der Waals surface area contributed by atoms with E-state index in [0.717, 1.165) is 4.47 Å². The Balaban J connectivity index is 2.21. The normalized spacial score (nSPS) is 10.9. The van der Waals surface area contributed by atoms with E-state index in [-0.39, 0.29) is 5.43 Å². The minimum absolute atomic E-state index is 0.141. The lowest BCUT2D eigenvalue weighted by atomic mass is 10.1. The van der Waals surface area contributed by atoms with Gasteiger partial charge in [0.1, 0.15) is 11.5 Å². The van der Waals surface area contributed by atoms with E-state index in [1.807, 2.05) is 18.2 Å². The predicted octanol–water partition coefficient (Wildman–Crippen LogP) is 5.65. The van der Waals surface area contributed by atoms with Gasteiger partial charge in [-0.25, -0.2) is 0 Å². The highest BCUT2D eigenvalue weighted by Crippen LogP contribution is 2.34. The summed E-state index contributed by atoms with van der Waals surface area (Å²) < 4.78 is 12.5. The zero-order valence-corrected chi connectivity index (χ0v) is 15.7. The van der Waals surface area contributed by atoms with Crippen molar-refractivity contribution in [1.82, 2.24) is 0 Å². The summed E-state index contributed by atoms with van der Waals surface area (Å²) in [5.41, 5.74) is 0.942. The smallest absolute Gasteiger partial charge is 0.193 e. The van der Waals surface area contributed by atoms with Gasteiger partial charge in [-0.15, -0.1) is 0 Å². The maximum atomic E-state index is 12.3. The molecule has 0 aliphatic carbocycles. The standard InChI is InChI=1S/C17H11Br2ClO3/c18-6-7-22-15-8-10(19)4-5-12(15)16-9-14(21)11-2-1-3-13(20)17(11)23-16/h1-5,8-9H,6-7H2. The van der Waals surface area contributed by atoms with Crippen molar-refractivity contribution in [1.29, 1.82) is 0 Å². The van der Waals surface area contributed by atoms with Crippen LogP contribution in [0.2, 0.25) is 5.02 Å². The van der Waals surface area contributed by atoms with E-state index in [9.17, 15) is 4.79 Å². The third-order valence-corrected chi connectivity index (χ3v) is 4.37. The van der Waals surface area contributed by atoms with E-state index in [4.69, 9.17) is 20.8 Å². The molecule has 2 aromatic carbocycles. The molecule has 6 heteroatoms. The number of hydrogen-bond acceptors (Lipinski definition) is 3. The molecule has 0 unspecified atom stereocenters.